The number of fused-ring (bicyclic) bond motifs is 1. The lowest BCUT2D eigenvalue weighted by Gasteiger charge is -2.09. The summed E-state index contributed by atoms with van der Waals surface area (Å²) in [6, 6.07) is 13.8. The third-order valence-electron chi connectivity index (χ3n) is 3.58. The molecule has 0 spiro atoms. The molecule has 0 saturated heterocycles. The molecule has 0 atom stereocenters. The molecule has 0 bridgehead atoms. The van der Waals surface area contributed by atoms with Crippen LogP contribution in [0.15, 0.2) is 59.6 Å². The molecule has 0 amide bonds. The van der Waals surface area contributed by atoms with Gasteiger partial charge in [-0.05, 0) is 37.3 Å². The number of benzene rings is 2. The van der Waals surface area contributed by atoms with E-state index in [-0.39, 0.29) is 4.90 Å². The van der Waals surface area contributed by atoms with E-state index in [1.807, 2.05) is 6.92 Å². The van der Waals surface area contributed by atoms with Crippen molar-refractivity contribution in [1.82, 2.24) is 3.97 Å². The molecule has 1 aromatic heterocycles. The number of rotatable bonds is 3. The molecule has 0 saturated carbocycles. The minimum atomic E-state index is -3.58. The molecule has 1 heterocycles. The van der Waals surface area contributed by atoms with Crippen molar-refractivity contribution in [2.75, 3.05) is 7.11 Å². The van der Waals surface area contributed by atoms with Gasteiger partial charge in [0.1, 0.15) is 5.75 Å². The van der Waals surface area contributed by atoms with Gasteiger partial charge in [-0.25, -0.2) is 12.4 Å². The average molecular weight is 301 g/mol. The predicted molar refractivity (Wildman–Crippen MR) is 82.3 cm³/mol. The summed E-state index contributed by atoms with van der Waals surface area (Å²) in [5.74, 6) is 0.748. The smallest absolute Gasteiger partial charge is 0.268 e. The predicted octanol–water partition coefficient (Wildman–Crippen LogP) is 3.20. The van der Waals surface area contributed by atoms with E-state index in [1.54, 1.807) is 61.8 Å². The Bertz CT molecular complexity index is 896. The van der Waals surface area contributed by atoms with Crippen LogP contribution in [0.25, 0.3) is 10.9 Å². The highest BCUT2D eigenvalue weighted by atomic mass is 32.2. The van der Waals surface area contributed by atoms with Gasteiger partial charge in [-0.1, -0.05) is 18.2 Å². The highest BCUT2D eigenvalue weighted by molar-refractivity contribution is 7.90. The van der Waals surface area contributed by atoms with Crippen LogP contribution in [0.3, 0.4) is 0 Å². The molecular formula is C16H15NO3S. The summed E-state index contributed by atoms with van der Waals surface area (Å²) in [6.45, 7) is 1.92. The maximum Gasteiger partial charge on any atom is 0.268 e. The van der Waals surface area contributed by atoms with E-state index in [4.69, 9.17) is 4.74 Å². The summed E-state index contributed by atoms with van der Waals surface area (Å²) in [5, 5.41) is 0.869. The van der Waals surface area contributed by atoms with Gasteiger partial charge in [0.15, 0.2) is 0 Å². The van der Waals surface area contributed by atoms with Crippen molar-refractivity contribution >= 4 is 20.9 Å². The summed E-state index contributed by atoms with van der Waals surface area (Å²) in [5.41, 5.74) is 1.58. The van der Waals surface area contributed by atoms with Crippen LogP contribution in [-0.2, 0) is 10.0 Å². The molecule has 0 aliphatic rings. The van der Waals surface area contributed by atoms with Crippen LogP contribution in [0.5, 0.6) is 5.75 Å². The van der Waals surface area contributed by atoms with E-state index < -0.39 is 10.0 Å². The monoisotopic (exact) mass is 301 g/mol. The van der Waals surface area contributed by atoms with Crippen molar-refractivity contribution in [2.24, 2.45) is 0 Å². The number of ether oxygens (including phenoxy) is 1. The molecule has 0 fully saturated rings. The summed E-state index contributed by atoms with van der Waals surface area (Å²) >= 11 is 0. The Morgan fingerprint density at radius 3 is 2.38 bits per heavy atom. The number of hydrogen-bond donors (Lipinski definition) is 0. The van der Waals surface area contributed by atoms with Gasteiger partial charge in [0.2, 0.25) is 0 Å². The van der Waals surface area contributed by atoms with Gasteiger partial charge in [-0.15, -0.1) is 0 Å². The molecule has 4 nitrogen and oxygen atoms in total. The molecule has 3 rings (SSSR count). The standard InChI is InChI=1S/C16H15NO3S/c1-12-14-10-11-17(15(14)8-9-16(12)20-2)21(18,19)13-6-4-3-5-7-13/h3-11H,1-2H3. The Labute approximate surface area is 123 Å². The second-order valence-electron chi connectivity index (χ2n) is 4.76. The maximum absolute atomic E-state index is 12.7. The fraction of sp³-hybridized carbons (Fsp3) is 0.125. The Hall–Kier alpha value is -2.27. The van der Waals surface area contributed by atoms with E-state index in [9.17, 15) is 8.42 Å². The van der Waals surface area contributed by atoms with Crippen LogP contribution in [0.4, 0.5) is 0 Å². The van der Waals surface area contributed by atoms with E-state index in [0.29, 0.717) is 5.52 Å². The van der Waals surface area contributed by atoms with Crippen molar-refractivity contribution in [1.29, 1.82) is 0 Å². The van der Waals surface area contributed by atoms with Crippen molar-refractivity contribution in [3.05, 3.63) is 60.3 Å². The Morgan fingerprint density at radius 1 is 1.00 bits per heavy atom. The molecule has 108 valence electrons. The normalized spacial score (nSPS) is 11.7. The van der Waals surface area contributed by atoms with E-state index in [2.05, 4.69) is 0 Å². The van der Waals surface area contributed by atoms with Crippen LogP contribution in [-0.4, -0.2) is 19.5 Å². The lowest BCUT2D eigenvalue weighted by atomic mass is 10.1. The zero-order valence-electron chi connectivity index (χ0n) is 11.8. The van der Waals surface area contributed by atoms with Gasteiger partial charge < -0.3 is 4.74 Å². The topological polar surface area (TPSA) is 48.3 Å². The number of aromatic nitrogens is 1. The van der Waals surface area contributed by atoms with Crippen molar-refractivity contribution in [2.45, 2.75) is 11.8 Å². The summed E-state index contributed by atoms with van der Waals surface area (Å²) in [4.78, 5) is 0.274. The fourth-order valence-electron chi connectivity index (χ4n) is 2.46. The molecular weight excluding hydrogens is 286 g/mol. The quantitative estimate of drug-likeness (QED) is 0.746. The van der Waals surface area contributed by atoms with E-state index in [1.165, 1.54) is 3.97 Å². The molecule has 0 aliphatic carbocycles. The van der Waals surface area contributed by atoms with Gasteiger partial charge in [0, 0.05) is 17.1 Å². The Balaban J connectivity index is 2.25. The lowest BCUT2D eigenvalue weighted by Crippen LogP contribution is -2.11. The Morgan fingerprint density at radius 2 is 1.71 bits per heavy atom. The molecule has 5 heteroatoms. The van der Waals surface area contributed by atoms with Crippen LogP contribution >= 0.6 is 0 Å². The van der Waals surface area contributed by atoms with Crippen LogP contribution in [0.2, 0.25) is 0 Å². The zero-order chi connectivity index (χ0) is 15.0. The zero-order valence-corrected chi connectivity index (χ0v) is 12.6. The molecule has 0 unspecified atom stereocenters. The van der Waals surface area contributed by atoms with Crippen molar-refractivity contribution in [3.63, 3.8) is 0 Å². The molecule has 0 N–H and O–H groups in total. The summed E-state index contributed by atoms with van der Waals surface area (Å²) < 4.78 is 32.0. The molecule has 0 aliphatic heterocycles. The minimum Gasteiger partial charge on any atom is -0.496 e. The van der Waals surface area contributed by atoms with Gasteiger partial charge in [-0.3, -0.25) is 0 Å². The number of hydrogen-bond acceptors (Lipinski definition) is 3. The van der Waals surface area contributed by atoms with Crippen LogP contribution < -0.4 is 4.74 Å². The van der Waals surface area contributed by atoms with Gasteiger partial charge >= 0.3 is 0 Å². The molecule has 21 heavy (non-hydrogen) atoms. The first-order valence-electron chi connectivity index (χ1n) is 6.51. The largest absolute Gasteiger partial charge is 0.496 e. The number of aryl methyl sites for hydroxylation is 1. The third-order valence-corrected chi connectivity index (χ3v) is 5.28. The number of nitrogens with zero attached hydrogens (tertiary/aromatic N) is 1. The third kappa shape index (κ3) is 2.10. The second kappa shape index (κ2) is 4.93. The van der Waals surface area contributed by atoms with Crippen LogP contribution in [0.1, 0.15) is 5.56 Å². The fourth-order valence-corrected chi connectivity index (χ4v) is 3.82. The van der Waals surface area contributed by atoms with E-state index >= 15 is 0 Å². The van der Waals surface area contributed by atoms with Crippen molar-refractivity contribution in [3.8, 4) is 5.75 Å². The van der Waals surface area contributed by atoms with Crippen LogP contribution in [0, 0.1) is 6.92 Å². The summed E-state index contributed by atoms with van der Waals surface area (Å²) in [6.07, 6.45) is 1.58. The first-order valence-corrected chi connectivity index (χ1v) is 7.95. The molecule has 2 aromatic carbocycles. The minimum absolute atomic E-state index is 0.274. The lowest BCUT2D eigenvalue weighted by molar-refractivity contribution is 0.412. The average Bonchev–Trinajstić information content (AvgIpc) is 2.94. The first kappa shape index (κ1) is 13.7. The van der Waals surface area contributed by atoms with Gasteiger partial charge in [0.05, 0.1) is 17.5 Å². The highest BCUT2D eigenvalue weighted by Gasteiger charge is 2.19. The first-order chi connectivity index (χ1) is 10.1. The van der Waals surface area contributed by atoms with Crippen molar-refractivity contribution < 1.29 is 13.2 Å². The second-order valence-corrected chi connectivity index (χ2v) is 6.57. The Kier molecular flexibility index (Phi) is 3.22. The SMILES string of the molecule is COc1ccc2c(ccn2S(=O)(=O)c2ccccc2)c1C. The molecule has 3 aromatic rings. The maximum atomic E-state index is 12.7. The highest BCUT2D eigenvalue weighted by Crippen LogP contribution is 2.29. The van der Waals surface area contributed by atoms with E-state index in [0.717, 1.165) is 16.7 Å². The van der Waals surface area contributed by atoms with Gasteiger partial charge in [-0.2, -0.15) is 0 Å². The molecule has 0 radical (unpaired) electrons. The van der Waals surface area contributed by atoms with Gasteiger partial charge in [0.25, 0.3) is 10.0 Å². The summed E-state index contributed by atoms with van der Waals surface area (Å²) in [7, 11) is -1.98. The number of methoxy groups -OCH3 is 1.